The van der Waals surface area contributed by atoms with Gasteiger partial charge in [0.15, 0.2) is 0 Å². The molecule has 3 heteroatoms. The summed E-state index contributed by atoms with van der Waals surface area (Å²) in [6.45, 7) is 0.604. The molecule has 0 radical (unpaired) electrons. The molecule has 158 valence electrons. The van der Waals surface area contributed by atoms with Crippen LogP contribution in [0.1, 0.15) is 60.0 Å². The molecular formula is C28H29NO2. The molecule has 7 rings (SSSR count). The highest BCUT2D eigenvalue weighted by Crippen LogP contribution is 2.61. The Morgan fingerprint density at radius 3 is 2.06 bits per heavy atom. The van der Waals surface area contributed by atoms with Gasteiger partial charge in [-0.05, 0) is 113 Å². The second-order valence-corrected chi connectivity index (χ2v) is 10.4. The summed E-state index contributed by atoms with van der Waals surface area (Å²) in [6.07, 6.45) is 8.35. The molecule has 3 aromatic rings. The summed E-state index contributed by atoms with van der Waals surface area (Å²) in [5.41, 5.74) is 12.1. The molecule has 0 spiro atoms. The van der Waals surface area contributed by atoms with Crippen molar-refractivity contribution in [2.24, 2.45) is 23.5 Å². The average Bonchev–Trinajstić information content (AvgIpc) is 2.77. The third-order valence-electron chi connectivity index (χ3n) is 8.36. The van der Waals surface area contributed by atoms with Crippen LogP contribution in [-0.4, -0.2) is 11.1 Å². The summed E-state index contributed by atoms with van der Waals surface area (Å²) in [5.74, 6) is 1.84. The Morgan fingerprint density at radius 2 is 1.42 bits per heavy atom. The topological polar surface area (TPSA) is 63.3 Å². The lowest BCUT2D eigenvalue weighted by molar-refractivity contribution is -0.00555. The fraction of sp³-hybridized carbons (Fsp3) is 0.393. The van der Waals surface area contributed by atoms with Crippen molar-refractivity contribution in [1.82, 2.24) is 0 Å². The molecule has 0 aliphatic heterocycles. The van der Waals surface area contributed by atoms with Crippen molar-refractivity contribution in [3.8, 4) is 11.1 Å². The van der Waals surface area contributed by atoms with Gasteiger partial charge in [-0.15, -0.1) is 0 Å². The maximum atomic E-state index is 11.3. The summed E-state index contributed by atoms with van der Waals surface area (Å²) in [6, 6.07) is 18.6. The van der Waals surface area contributed by atoms with Crippen LogP contribution >= 0.6 is 0 Å². The summed E-state index contributed by atoms with van der Waals surface area (Å²) < 4.78 is 0. The third kappa shape index (κ3) is 3.10. The van der Waals surface area contributed by atoms with E-state index in [1.54, 1.807) is 12.1 Å². The fourth-order valence-electron chi connectivity index (χ4n) is 7.43. The summed E-state index contributed by atoms with van der Waals surface area (Å²) in [4.78, 5) is 11.3. The van der Waals surface area contributed by atoms with Gasteiger partial charge in [0, 0.05) is 6.54 Å². The second kappa shape index (κ2) is 6.93. The van der Waals surface area contributed by atoms with E-state index in [-0.39, 0.29) is 0 Å². The SMILES string of the molecule is NCc1ccc(-c2ccc3cc(C(=O)O)ccc3c2)cc1C12CC3CC(CC(C3)C1)C2. The van der Waals surface area contributed by atoms with Gasteiger partial charge in [0.05, 0.1) is 5.56 Å². The molecule has 0 heterocycles. The molecule has 4 fully saturated rings. The maximum absolute atomic E-state index is 11.3. The maximum Gasteiger partial charge on any atom is 0.335 e. The molecule has 4 aliphatic rings. The fourth-order valence-corrected chi connectivity index (χ4v) is 7.43. The minimum absolute atomic E-state index is 0.326. The first-order chi connectivity index (χ1) is 15.0. The Labute approximate surface area is 183 Å². The number of carboxylic acids is 1. The van der Waals surface area contributed by atoms with Gasteiger partial charge in [-0.2, -0.15) is 0 Å². The zero-order valence-corrected chi connectivity index (χ0v) is 17.8. The Hall–Kier alpha value is -2.65. The first kappa shape index (κ1) is 19.1. The third-order valence-corrected chi connectivity index (χ3v) is 8.36. The van der Waals surface area contributed by atoms with Crippen LogP contribution in [0.25, 0.3) is 21.9 Å². The highest BCUT2D eigenvalue weighted by molar-refractivity contribution is 5.95. The van der Waals surface area contributed by atoms with Crippen molar-refractivity contribution < 1.29 is 9.90 Å². The number of hydrogen-bond acceptors (Lipinski definition) is 2. The summed E-state index contributed by atoms with van der Waals surface area (Å²) in [5, 5.41) is 11.3. The van der Waals surface area contributed by atoms with Crippen molar-refractivity contribution in [3.05, 3.63) is 71.3 Å². The van der Waals surface area contributed by atoms with Crippen LogP contribution in [0.5, 0.6) is 0 Å². The van der Waals surface area contributed by atoms with E-state index in [1.165, 1.54) is 60.8 Å². The molecule has 3 aromatic carbocycles. The Bertz CT molecular complexity index is 1160. The molecule has 4 bridgehead atoms. The van der Waals surface area contributed by atoms with E-state index in [2.05, 4.69) is 30.3 Å². The van der Waals surface area contributed by atoms with E-state index in [0.29, 0.717) is 17.5 Å². The lowest BCUT2D eigenvalue weighted by Gasteiger charge is -2.57. The summed E-state index contributed by atoms with van der Waals surface area (Å²) >= 11 is 0. The molecule has 31 heavy (non-hydrogen) atoms. The molecule has 4 aliphatic carbocycles. The van der Waals surface area contributed by atoms with Gasteiger partial charge >= 0.3 is 5.97 Å². The number of hydrogen-bond donors (Lipinski definition) is 2. The predicted octanol–water partition coefficient (Wildman–Crippen LogP) is 6.13. The number of benzene rings is 3. The number of fused-ring (bicyclic) bond motifs is 1. The van der Waals surface area contributed by atoms with Crippen molar-refractivity contribution in [2.75, 3.05) is 0 Å². The van der Waals surface area contributed by atoms with Gasteiger partial charge in [0.2, 0.25) is 0 Å². The number of aromatic carboxylic acids is 1. The molecule has 3 nitrogen and oxygen atoms in total. The van der Waals surface area contributed by atoms with E-state index in [0.717, 1.165) is 28.5 Å². The van der Waals surface area contributed by atoms with Gasteiger partial charge in [0.25, 0.3) is 0 Å². The molecule has 0 saturated heterocycles. The van der Waals surface area contributed by atoms with Crippen LogP contribution in [0.3, 0.4) is 0 Å². The Morgan fingerprint density at radius 1 is 0.839 bits per heavy atom. The van der Waals surface area contributed by atoms with Gasteiger partial charge in [0.1, 0.15) is 0 Å². The van der Waals surface area contributed by atoms with Gasteiger partial charge in [-0.3, -0.25) is 0 Å². The van der Waals surface area contributed by atoms with Crippen molar-refractivity contribution in [1.29, 1.82) is 0 Å². The molecular weight excluding hydrogens is 382 g/mol. The Kier molecular flexibility index (Phi) is 4.26. The van der Waals surface area contributed by atoms with E-state index < -0.39 is 5.97 Å². The zero-order chi connectivity index (χ0) is 21.2. The van der Waals surface area contributed by atoms with E-state index in [1.807, 2.05) is 12.1 Å². The molecule has 0 unspecified atom stereocenters. The van der Waals surface area contributed by atoms with Crippen LogP contribution in [0.15, 0.2) is 54.6 Å². The van der Waals surface area contributed by atoms with E-state index in [4.69, 9.17) is 5.73 Å². The van der Waals surface area contributed by atoms with Crippen LogP contribution < -0.4 is 5.73 Å². The largest absolute Gasteiger partial charge is 0.478 e. The molecule has 0 amide bonds. The zero-order valence-electron chi connectivity index (χ0n) is 17.8. The van der Waals surface area contributed by atoms with Crippen molar-refractivity contribution in [2.45, 2.75) is 50.5 Å². The van der Waals surface area contributed by atoms with E-state index >= 15 is 0 Å². The van der Waals surface area contributed by atoms with Crippen molar-refractivity contribution >= 4 is 16.7 Å². The number of nitrogens with two attached hydrogens (primary N) is 1. The predicted molar refractivity (Wildman–Crippen MR) is 124 cm³/mol. The minimum atomic E-state index is -0.886. The van der Waals surface area contributed by atoms with Gasteiger partial charge in [-0.25, -0.2) is 4.79 Å². The standard InChI is InChI=1S/C28H29NO2/c29-16-25-6-4-23(21-1-2-22-11-24(27(30)31)5-3-20(22)10-21)12-26(25)28-13-17-7-18(14-28)9-19(8-17)15-28/h1-6,10-12,17-19H,7-9,13-16,29H2,(H,30,31). The van der Waals surface area contributed by atoms with E-state index in [9.17, 15) is 9.90 Å². The summed E-state index contributed by atoms with van der Waals surface area (Å²) in [7, 11) is 0. The molecule has 0 aromatic heterocycles. The van der Waals surface area contributed by atoms with Crippen LogP contribution in [0, 0.1) is 17.8 Å². The number of rotatable bonds is 4. The lowest BCUT2D eigenvalue weighted by Crippen LogP contribution is -2.49. The lowest BCUT2D eigenvalue weighted by atomic mass is 9.47. The second-order valence-electron chi connectivity index (χ2n) is 10.4. The van der Waals surface area contributed by atoms with Crippen LogP contribution in [-0.2, 0) is 12.0 Å². The van der Waals surface area contributed by atoms with Gasteiger partial charge in [-0.1, -0.05) is 36.4 Å². The molecule has 3 N–H and O–H groups in total. The molecule has 0 atom stereocenters. The Balaban J connectivity index is 1.43. The minimum Gasteiger partial charge on any atom is -0.478 e. The average molecular weight is 412 g/mol. The highest BCUT2D eigenvalue weighted by Gasteiger charge is 2.52. The van der Waals surface area contributed by atoms with Crippen molar-refractivity contribution in [3.63, 3.8) is 0 Å². The van der Waals surface area contributed by atoms with Crippen LogP contribution in [0.4, 0.5) is 0 Å². The highest BCUT2D eigenvalue weighted by atomic mass is 16.4. The quantitative estimate of drug-likeness (QED) is 0.543. The number of carboxylic acid groups (broad SMARTS) is 1. The first-order valence-electron chi connectivity index (χ1n) is 11.6. The molecule has 4 saturated carbocycles. The first-order valence-corrected chi connectivity index (χ1v) is 11.6. The van der Waals surface area contributed by atoms with Gasteiger partial charge < -0.3 is 10.8 Å². The monoisotopic (exact) mass is 411 g/mol. The smallest absolute Gasteiger partial charge is 0.335 e. The number of carbonyl (C=O) groups is 1. The normalized spacial score (nSPS) is 28.9. The van der Waals surface area contributed by atoms with Crippen LogP contribution in [0.2, 0.25) is 0 Å².